The van der Waals surface area contributed by atoms with Crippen LogP contribution in [-0.4, -0.2) is 51.5 Å². The number of hydrogen-bond donors (Lipinski definition) is 2. The van der Waals surface area contributed by atoms with Crippen molar-refractivity contribution in [2.75, 3.05) is 13.7 Å². The van der Waals surface area contributed by atoms with Crippen molar-refractivity contribution < 1.29 is 19.4 Å². The number of aromatic nitrogens is 2. The summed E-state index contributed by atoms with van der Waals surface area (Å²) in [4.78, 5) is 34.7. The molecule has 1 aliphatic rings. The number of rotatable bonds is 7. The van der Waals surface area contributed by atoms with Crippen molar-refractivity contribution >= 4 is 11.8 Å². The van der Waals surface area contributed by atoms with E-state index < -0.39 is 12.0 Å². The molecule has 2 aromatic rings. The van der Waals surface area contributed by atoms with Gasteiger partial charge in [0, 0.05) is 37.0 Å². The lowest BCUT2D eigenvalue weighted by Gasteiger charge is -2.14. The molecular formula is C19H22N4O4. The third-order valence-electron chi connectivity index (χ3n) is 4.39. The Morgan fingerprint density at radius 3 is 2.93 bits per heavy atom. The second-order valence-corrected chi connectivity index (χ2v) is 6.34. The number of carbonyl (C=O) groups is 2. The van der Waals surface area contributed by atoms with E-state index in [1.807, 2.05) is 18.2 Å². The Kier molecular flexibility index (Phi) is 5.66. The third-order valence-corrected chi connectivity index (χ3v) is 4.39. The number of carbonyl (C=O) groups excluding carboxylic acids is 2. The summed E-state index contributed by atoms with van der Waals surface area (Å²) < 4.78 is 5.30. The van der Waals surface area contributed by atoms with Crippen LogP contribution in [-0.2, 0) is 24.3 Å². The van der Waals surface area contributed by atoms with Crippen LogP contribution in [0.5, 0.6) is 5.88 Å². The van der Waals surface area contributed by atoms with Gasteiger partial charge in [0.15, 0.2) is 0 Å². The summed E-state index contributed by atoms with van der Waals surface area (Å²) in [5.74, 6) is -0.237. The van der Waals surface area contributed by atoms with Gasteiger partial charge in [0.25, 0.3) is 5.91 Å². The van der Waals surface area contributed by atoms with Crippen LogP contribution in [0.15, 0.2) is 30.5 Å². The van der Waals surface area contributed by atoms with Crippen molar-refractivity contribution in [2.24, 2.45) is 0 Å². The monoisotopic (exact) mass is 370 g/mol. The minimum atomic E-state index is -1.11. The first-order valence-corrected chi connectivity index (χ1v) is 8.71. The second-order valence-electron chi connectivity index (χ2n) is 6.34. The summed E-state index contributed by atoms with van der Waals surface area (Å²) in [5, 5.41) is 11.9. The molecule has 1 unspecified atom stereocenters. The average Bonchev–Trinajstić information content (AvgIpc) is 2.99. The van der Waals surface area contributed by atoms with E-state index in [-0.39, 0.29) is 12.5 Å². The molecule has 1 atom stereocenters. The van der Waals surface area contributed by atoms with Crippen molar-refractivity contribution in [2.45, 2.75) is 32.5 Å². The van der Waals surface area contributed by atoms with Crippen LogP contribution in [0.25, 0.3) is 0 Å². The quantitative estimate of drug-likeness (QED) is 0.743. The highest BCUT2D eigenvalue weighted by Crippen LogP contribution is 2.27. The Bertz CT molecular complexity index is 839. The van der Waals surface area contributed by atoms with Crippen molar-refractivity contribution in [3.05, 3.63) is 53.0 Å². The number of nitrogens with zero attached hydrogens (tertiary/aromatic N) is 3. The van der Waals surface area contributed by atoms with Crippen LogP contribution < -0.4 is 10.1 Å². The maximum Gasteiger partial charge on any atom is 0.256 e. The number of ether oxygens (including phenoxy) is 1. The Morgan fingerprint density at radius 1 is 1.44 bits per heavy atom. The molecule has 0 bridgehead atoms. The van der Waals surface area contributed by atoms with Gasteiger partial charge in [0.1, 0.15) is 6.10 Å². The summed E-state index contributed by atoms with van der Waals surface area (Å²) in [6.45, 7) is 2.46. The van der Waals surface area contributed by atoms with E-state index >= 15 is 0 Å². The van der Waals surface area contributed by atoms with E-state index in [1.54, 1.807) is 17.2 Å². The highest BCUT2D eigenvalue weighted by Gasteiger charge is 2.30. The minimum Gasteiger partial charge on any atom is -0.481 e. The Morgan fingerprint density at radius 2 is 2.26 bits per heavy atom. The fraction of sp³-hybridized carbons (Fsp3) is 0.368. The molecule has 8 nitrogen and oxygen atoms in total. The molecule has 142 valence electrons. The van der Waals surface area contributed by atoms with Gasteiger partial charge >= 0.3 is 0 Å². The van der Waals surface area contributed by atoms with Gasteiger partial charge < -0.3 is 20.1 Å². The first-order valence-electron chi connectivity index (χ1n) is 8.71. The summed E-state index contributed by atoms with van der Waals surface area (Å²) in [7, 11) is 1.49. The minimum absolute atomic E-state index is 0.0980. The Balaban J connectivity index is 1.72. The summed E-state index contributed by atoms with van der Waals surface area (Å²) in [6.07, 6.45) is 1.28. The highest BCUT2D eigenvalue weighted by molar-refractivity contribution is 5.98. The molecular weight excluding hydrogens is 348 g/mol. The van der Waals surface area contributed by atoms with Crippen molar-refractivity contribution in [1.82, 2.24) is 20.2 Å². The molecule has 0 saturated carbocycles. The molecule has 0 aliphatic carbocycles. The lowest BCUT2D eigenvalue weighted by molar-refractivity contribution is -0.128. The molecule has 2 N–H and O–H groups in total. The standard InChI is InChI=1S/C19H22N4O4/c1-12(24)17(25)21-10-13-9-15-16(22-18(13)27-2)11-23(19(15)26)8-6-14-5-3-4-7-20-14/h3-5,7,9,12,24H,6,8,10-11H2,1-2H3,(H,21,25). The average molecular weight is 370 g/mol. The van der Waals surface area contributed by atoms with E-state index in [0.717, 1.165) is 5.69 Å². The lowest BCUT2D eigenvalue weighted by Crippen LogP contribution is -2.32. The topological polar surface area (TPSA) is 105 Å². The van der Waals surface area contributed by atoms with Gasteiger partial charge in [0.2, 0.25) is 11.8 Å². The highest BCUT2D eigenvalue weighted by atomic mass is 16.5. The van der Waals surface area contributed by atoms with Gasteiger partial charge in [-0.25, -0.2) is 4.98 Å². The smallest absolute Gasteiger partial charge is 0.256 e. The summed E-state index contributed by atoms with van der Waals surface area (Å²) in [5.41, 5.74) is 2.68. The Hall–Kier alpha value is -3.00. The van der Waals surface area contributed by atoms with Gasteiger partial charge in [-0.2, -0.15) is 0 Å². The molecule has 0 fully saturated rings. The van der Waals surface area contributed by atoms with Crippen LogP contribution >= 0.6 is 0 Å². The first-order chi connectivity index (χ1) is 13.0. The molecule has 3 rings (SSSR count). The molecule has 8 heteroatoms. The van der Waals surface area contributed by atoms with Gasteiger partial charge in [0.05, 0.1) is 24.9 Å². The van der Waals surface area contributed by atoms with Gasteiger partial charge in [-0.15, -0.1) is 0 Å². The predicted molar refractivity (Wildman–Crippen MR) is 97.0 cm³/mol. The molecule has 0 saturated heterocycles. The zero-order chi connectivity index (χ0) is 19.4. The molecule has 0 spiro atoms. The van der Waals surface area contributed by atoms with Crippen molar-refractivity contribution in [3.8, 4) is 5.88 Å². The normalized spacial score (nSPS) is 14.0. The van der Waals surface area contributed by atoms with Gasteiger partial charge in [-0.1, -0.05) is 6.07 Å². The van der Waals surface area contributed by atoms with Crippen LogP contribution in [0, 0.1) is 0 Å². The number of pyridine rings is 2. The SMILES string of the molecule is COc1nc2c(cc1CNC(=O)C(C)O)C(=O)N(CCc1ccccn1)C2. The summed E-state index contributed by atoms with van der Waals surface area (Å²) in [6, 6.07) is 7.40. The van der Waals surface area contributed by atoms with Crippen LogP contribution in [0.3, 0.4) is 0 Å². The van der Waals surface area contributed by atoms with E-state index in [4.69, 9.17) is 4.74 Å². The molecule has 2 aromatic heterocycles. The van der Waals surface area contributed by atoms with Gasteiger partial charge in [-0.3, -0.25) is 14.6 Å². The number of aliphatic hydroxyl groups excluding tert-OH is 1. The largest absolute Gasteiger partial charge is 0.481 e. The molecule has 0 aromatic carbocycles. The fourth-order valence-corrected chi connectivity index (χ4v) is 2.91. The number of nitrogens with one attached hydrogen (secondary N) is 1. The molecule has 2 amide bonds. The van der Waals surface area contributed by atoms with Crippen LogP contribution in [0.1, 0.15) is 34.2 Å². The summed E-state index contributed by atoms with van der Waals surface area (Å²) >= 11 is 0. The first kappa shape index (κ1) is 18.8. The molecule has 27 heavy (non-hydrogen) atoms. The van der Waals surface area contributed by atoms with E-state index in [1.165, 1.54) is 14.0 Å². The number of methoxy groups -OCH3 is 1. The third kappa shape index (κ3) is 4.22. The van der Waals surface area contributed by atoms with Crippen molar-refractivity contribution in [3.63, 3.8) is 0 Å². The van der Waals surface area contributed by atoms with Crippen molar-refractivity contribution in [1.29, 1.82) is 0 Å². The fourth-order valence-electron chi connectivity index (χ4n) is 2.91. The number of amides is 2. The zero-order valence-corrected chi connectivity index (χ0v) is 15.3. The lowest BCUT2D eigenvalue weighted by atomic mass is 10.1. The van der Waals surface area contributed by atoms with E-state index in [2.05, 4.69) is 15.3 Å². The molecule has 3 heterocycles. The maximum atomic E-state index is 12.7. The van der Waals surface area contributed by atoms with Crippen LogP contribution in [0.4, 0.5) is 0 Å². The van der Waals surface area contributed by atoms with Gasteiger partial charge in [-0.05, 0) is 25.1 Å². The second kappa shape index (κ2) is 8.13. The maximum absolute atomic E-state index is 12.7. The Labute approximate surface area is 157 Å². The molecule has 0 radical (unpaired) electrons. The zero-order valence-electron chi connectivity index (χ0n) is 15.3. The number of fused-ring (bicyclic) bond motifs is 1. The number of aliphatic hydroxyl groups is 1. The molecule has 1 aliphatic heterocycles. The van der Waals surface area contributed by atoms with E-state index in [9.17, 15) is 14.7 Å². The number of hydrogen-bond acceptors (Lipinski definition) is 6. The van der Waals surface area contributed by atoms with E-state index in [0.29, 0.717) is 42.2 Å². The predicted octanol–water partition coefficient (Wildman–Crippen LogP) is 0.681. The van der Waals surface area contributed by atoms with Crippen LogP contribution in [0.2, 0.25) is 0 Å².